The van der Waals surface area contributed by atoms with E-state index in [4.69, 9.17) is 0 Å². The Morgan fingerprint density at radius 3 is 1.64 bits per heavy atom. The molecule has 1 rings (SSSR count). The highest BCUT2D eigenvalue weighted by Crippen LogP contribution is 2.04. The average Bonchev–Trinajstić information content (AvgIpc) is 2.03. The Morgan fingerprint density at radius 2 is 1.43 bits per heavy atom. The molecule has 1 atom stereocenters. The van der Waals surface area contributed by atoms with Gasteiger partial charge in [0, 0.05) is 0 Å². The second kappa shape index (κ2) is 5.86. The summed E-state index contributed by atoms with van der Waals surface area (Å²) in [5.74, 6) is 0. The molecule has 0 amide bonds. The normalized spacial score (nSPS) is 11.4. The molecule has 0 bridgehead atoms. The average molecular weight is 214 g/mol. The minimum atomic E-state index is -2.40. The lowest BCUT2D eigenvalue weighted by atomic mass is 10.4. The lowest BCUT2D eigenvalue weighted by molar-refractivity contribution is -0.849. The molecule has 0 radical (unpaired) electrons. The summed E-state index contributed by atoms with van der Waals surface area (Å²) in [5, 5.41) is 0.368. The summed E-state index contributed by atoms with van der Waals surface area (Å²) in [5.41, 5.74) is 0. The molecule has 3 nitrogen and oxygen atoms in total. The van der Waals surface area contributed by atoms with E-state index in [2.05, 4.69) is 28.2 Å². The van der Waals surface area contributed by atoms with E-state index in [-0.39, 0.29) is 0 Å². The summed E-state index contributed by atoms with van der Waals surface area (Å²) in [6.45, 7) is 0. The third-order valence-corrected chi connectivity index (χ3v) is 1.69. The zero-order valence-electron chi connectivity index (χ0n) is 9.10. The third-order valence-electron chi connectivity index (χ3n) is 0.967. The molecular weight excluding hydrogens is 197 g/mol. The summed E-state index contributed by atoms with van der Waals surface area (Å²) in [4.78, 5) is 10.2. The van der Waals surface area contributed by atoms with Crippen LogP contribution >= 0.6 is 8.03 Å². The molecule has 14 heavy (non-hydrogen) atoms. The number of nitrogens with zero attached hydrogens (tertiary/aromatic N) is 1. The Hall–Kier alpha value is -0.760. The second-order valence-electron chi connectivity index (χ2n) is 4.28. The van der Waals surface area contributed by atoms with Crippen LogP contribution in [0.1, 0.15) is 0 Å². The van der Waals surface area contributed by atoms with Crippen molar-refractivity contribution in [3.05, 3.63) is 30.3 Å². The fourth-order valence-corrected chi connectivity index (χ4v) is 0.965. The van der Waals surface area contributed by atoms with Crippen molar-refractivity contribution in [2.45, 2.75) is 0 Å². The molecule has 0 saturated carbocycles. The van der Waals surface area contributed by atoms with E-state index in [1.165, 1.54) is 0 Å². The molecule has 78 valence electrons. The molecule has 0 aromatic heterocycles. The van der Waals surface area contributed by atoms with E-state index in [9.17, 15) is 9.46 Å². The Bertz CT molecular complexity index is 274. The van der Waals surface area contributed by atoms with E-state index >= 15 is 0 Å². The molecule has 0 aliphatic carbocycles. The first-order valence-corrected chi connectivity index (χ1v) is 5.47. The first-order valence-electron chi connectivity index (χ1n) is 4.29. The molecule has 1 aromatic carbocycles. The maximum Gasteiger partial charge on any atom is 0.348 e. The van der Waals surface area contributed by atoms with Crippen molar-refractivity contribution in [2.24, 2.45) is 0 Å². The Kier molecular flexibility index (Phi) is 5.55. The topological polar surface area (TPSA) is 40.1 Å². The van der Waals surface area contributed by atoms with Crippen LogP contribution in [0.15, 0.2) is 30.3 Å². The largest absolute Gasteiger partial charge is 0.591 e. The standard InChI is InChI=1S/C6H5O2P.C4H12N/c7-9(8)6-4-2-1-3-5-6;1-5(2,3)4/h1-5H;1-4H3/q;+1. The van der Waals surface area contributed by atoms with Gasteiger partial charge >= 0.3 is 8.03 Å². The van der Waals surface area contributed by atoms with Crippen LogP contribution in [0.2, 0.25) is 0 Å². The van der Waals surface area contributed by atoms with Gasteiger partial charge in [0.25, 0.3) is 0 Å². The summed E-state index contributed by atoms with van der Waals surface area (Å²) in [6, 6.07) is 8.29. The smallest absolute Gasteiger partial charge is 0.348 e. The predicted molar refractivity (Wildman–Crippen MR) is 57.6 cm³/mol. The van der Waals surface area contributed by atoms with E-state index < -0.39 is 8.03 Å². The minimum absolute atomic E-state index is 0.368. The first kappa shape index (κ1) is 13.2. The Balaban J connectivity index is 0.000000292. The van der Waals surface area contributed by atoms with Gasteiger partial charge in [-0.1, -0.05) is 22.8 Å². The monoisotopic (exact) mass is 214 g/mol. The Labute approximate surface area is 86.5 Å². The fourth-order valence-electron chi connectivity index (χ4n) is 0.550. The van der Waals surface area contributed by atoms with Gasteiger partial charge in [0.1, 0.15) is 0 Å². The van der Waals surface area contributed by atoms with E-state index in [1.54, 1.807) is 30.3 Å². The van der Waals surface area contributed by atoms with Gasteiger partial charge < -0.3 is 9.38 Å². The fraction of sp³-hybridized carbons (Fsp3) is 0.400. The number of hydrogen-bond donors (Lipinski definition) is 0. The highest BCUT2D eigenvalue weighted by atomic mass is 31.1. The number of hydrogen-bond acceptors (Lipinski definition) is 2. The van der Waals surface area contributed by atoms with Gasteiger partial charge in [-0.15, -0.1) is 0 Å². The minimum Gasteiger partial charge on any atom is -0.591 e. The van der Waals surface area contributed by atoms with Crippen molar-refractivity contribution < 1.29 is 13.9 Å². The summed E-state index contributed by atoms with van der Waals surface area (Å²) < 4.78 is 11.2. The molecule has 0 saturated heterocycles. The zero-order chi connectivity index (χ0) is 11.2. The molecule has 0 spiro atoms. The molecule has 0 fully saturated rings. The maximum atomic E-state index is 10.2. The highest BCUT2D eigenvalue weighted by Gasteiger charge is 2.01. The van der Waals surface area contributed by atoms with Crippen LogP contribution in [0.4, 0.5) is 0 Å². The lowest BCUT2D eigenvalue weighted by Crippen LogP contribution is -2.27. The Morgan fingerprint density at radius 1 is 1.07 bits per heavy atom. The quantitative estimate of drug-likeness (QED) is 0.511. The van der Waals surface area contributed by atoms with Crippen LogP contribution in [0, 0.1) is 0 Å². The molecule has 0 N–H and O–H groups in total. The van der Waals surface area contributed by atoms with Crippen LogP contribution < -0.4 is 10.2 Å². The number of benzene rings is 1. The van der Waals surface area contributed by atoms with Crippen LogP contribution in [0.5, 0.6) is 0 Å². The van der Waals surface area contributed by atoms with Crippen LogP contribution in [-0.2, 0) is 4.57 Å². The van der Waals surface area contributed by atoms with Crippen molar-refractivity contribution in [1.82, 2.24) is 0 Å². The first-order chi connectivity index (χ1) is 6.30. The zero-order valence-corrected chi connectivity index (χ0v) is 9.99. The predicted octanol–water partition coefficient (Wildman–Crippen LogP) is 0.737. The van der Waals surface area contributed by atoms with Gasteiger partial charge in [-0.25, -0.2) is 0 Å². The van der Waals surface area contributed by atoms with Gasteiger partial charge in [-0.3, -0.25) is 0 Å². The van der Waals surface area contributed by atoms with Crippen molar-refractivity contribution in [2.75, 3.05) is 28.2 Å². The van der Waals surface area contributed by atoms with E-state index in [0.29, 0.717) is 5.30 Å². The van der Waals surface area contributed by atoms with E-state index in [1.807, 2.05) is 0 Å². The molecular formula is C10H17NO2P+. The van der Waals surface area contributed by atoms with E-state index in [0.717, 1.165) is 4.48 Å². The SMILES string of the molecule is C[N+](C)(C)C.O=[P+]([O-])c1ccccc1. The van der Waals surface area contributed by atoms with Crippen LogP contribution in [-0.4, -0.2) is 32.7 Å². The highest BCUT2D eigenvalue weighted by molar-refractivity contribution is 7.45. The number of quaternary nitrogens is 1. The van der Waals surface area contributed by atoms with Crippen LogP contribution in [0.3, 0.4) is 0 Å². The molecule has 0 aliphatic heterocycles. The molecule has 1 unspecified atom stereocenters. The molecule has 1 aromatic rings. The molecule has 0 aliphatic rings. The van der Waals surface area contributed by atoms with Gasteiger partial charge in [0.2, 0.25) is 0 Å². The molecule has 4 heteroatoms. The van der Waals surface area contributed by atoms with Crippen molar-refractivity contribution in [1.29, 1.82) is 0 Å². The van der Waals surface area contributed by atoms with Gasteiger partial charge in [0.15, 0.2) is 5.30 Å². The van der Waals surface area contributed by atoms with Crippen LogP contribution in [0.25, 0.3) is 0 Å². The number of rotatable bonds is 1. The lowest BCUT2D eigenvalue weighted by Gasteiger charge is -2.14. The van der Waals surface area contributed by atoms with Gasteiger partial charge in [-0.05, 0) is 12.1 Å². The second-order valence-corrected chi connectivity index (χ2v) is 5.31. The van der Waals surface area contributed by atoms with Crippen molar-refractivity contribution in [3.63, 3.8) is 0 Å². The molecule has 0 heterocycles. The van der Waals surface area contributed by atoms with Gasteiger partial charge in [0.05, 0.1) is 28.2 Å². The maximum absolute atomic E-state index is 10.2. The summed E-state index contributed by atoms with van der Waals surface area (Å²) in [6.07, 6.45) is 0. The summed E-state index contributed by atoms with van der Waals surface area (Å²) in [7, 11) is 6.10. The third kappa shape index (κ3) is 9.33. The summed E-state index contributed by atoms with van der Waals surface area (Å²) >= 11 is 0. The van der Waals surface area contributed by atoms with Crippen molar-refractivity contribution >= 4 is 13.3 Å². The van der Waals surface area contributed by atoms with Gasteiger partial charge in [-0.2, -0.15) is 0 Å². The van der Waals surface area contributed by atoms with Crippen molar-refractivity contribution in [3.8, 4) is 0 Å².